The maximum atomic E-state index is 12.0. The van der Waals surface area contributed by atoms with Crippen molar-refractivity contribution in [1.29, 1.82) is 0 Å². The average molecular weight is 182 g/mol. The van der Waals surface area contributed by atoms with Crippen molar-refractivity contribution >= 4 is 12.4 Å². The molecule has 4 heteroatoms. The zero-order valence-corrected chi connectivity index (χ0v) is 6.70. The molecule has 0 spiro atoms. The van der Waals surface area contributed by atoms with Gasteiger partial charge in [-0.05, 0) is 0 Å². The summed E-state index contributed by atoms with van der Waals surface area (Å²) in [5.74, 6) is 1.44. The second-order valence-electron chi connectivity index (χ2n) is 2.43. The lowest BCUT2D eigenvalue weighted by atomic mass is 9.98. The Morgan fingerprint density at radius 3 is 2.45 bits per heavy atom. The molecule has 1 nitrogen and oxygen atoms in total. The van der Waals surface area contributed by atoms with Gasteiger partial charge in [0.25, 0.3) is 0 Å². The lowest BCUT2D eigenvalue weighted by Gasteiger charge is -2.10. The largest absolute Gasteiger partial charge is 0.315 e. The van der Waals surface area contributed by atoms with E-state index >= 15 is 0 Å². The molecule has 0 bridgehead atoms. The van der Waals surface area contributed by atoms with Gasteiger partial charge in [0.05, 0.1) is 0 Å². The standard InChI is InChI=1S/C7H9F2N.ClH/c1-2-5-3-10-4-6(5)7(8)9;/h1,5-7,10H,3-4H2;1H/t5-,6+;/m1./s1. The number of alkyl halides is 2. The number of nitrogens with one attached hydrogen (secondary N) is 1. The van der Waals surface area contributed by atoms with E-state index in [1.54, 1.807) is 0 Å². The van der Waals surface area contributed by atoms with Crippen molar-refractivity contribution < 1.29 is 8.78 Å². The van der Waals surface area contributed by atoms with Crippen molar-refractivity contribution in [3.05, 3.63) is 0 Å². The van der Waals surface area contributed by atoms with E-state index in [-0.39, 0.29) is 18.3 Å². The van der Waals surface area contributed by atoms with Crippen LogP contribution in [0.4, 0.5) is 8.78 Å². The van der Waals surface area contributed by atoms with Crippen LogP contribution in [0.15, 0.2) is 0 Å². The van der Waals surface area contributed by atoms with Gasteiger partial charge in [-0.2, -0.15) is 0 Å². The Morgan fingerprint density at radius 1 is 1.45 bits per heavy atom. The molecule has 0 unspecified atom stereocenters. The van der Waals surface area contributed by atoms with Crippen LogP contribution in [0.3, 0.4) is 0 Å². The van der Waals surface area contributed by atoms with E-state index in [9.17, 15) is 8.78 Å². The summed E-state index contributed by atoms with van der Waals surface area (Å²) in [7, 11) is 0. The van der Waals surface area contributed by atoms with Crippen molar-refractivity contribution in [2.75, 3.05) is 13.1 Å². The summed E-state index contributed by atoms with van der Waals surface area (Å²) in [6.45, 7) is 0.887. The van der Waals surface area contributed by atoms with Gasteiger partial charge in [-0.1, -0.05) is 0 Å². The molecular formula is C7H10ClF2N. The van der Waals surface area contributed by atoms with Crippen LogP contribution in [0.5, 0.6) is 0 Å². The average Bonchev–Trinajstić information content (AvgIpc) is 2.33. The first-order valence-electron chi connectivity index (χ1n) is 3.20. The predicted molar refractivity (Wildman–Crippen MR) is 41.9 cm³/mol. The van der Waals surface area contributed by atoms with Crippen molar-refractivity contribution in [2.45, 2.75) is 6.43 Å². The van der Waals surface area contributed by atoms with Crippen LogP contribution in [-0.2, 0) is 0 Å². The maximum absolute atomic E-state index is 12.0. The molecule has 1 heterocycles. The van der Waals surface area contributed by atoms with Gasteiger partial charge in [-0.25, -0.2) is 8.78 Å². The van der Waals surface area contributed by atoms with Crippen LogP contribution in [0.25, 0.3) is 0 Å². The summed E-state index contributed by atoms with van der Waals surface area (Å²) in [6, 6.07) is 0. The molecule has 0 radical (unpaired) electrons. The summed E-state index contributed by atoms with van der Waals surface area (Å²) in [4.78, 5) is 0. The fraction of sp³-hybridized carbons (Fsp3) is 0.714. The third-order valence-corrected chi connectivity index (χ3v) is 1.80. The van der Waals surface area contributed by atoms with Gasteiger partial charge in [0, 0.05) is 24.9 Å². The monoisotopic (exact) mass is 181 g/mol. The zero-order chi connectivity index (χ0) is 7.56. The summed E-state index contributed by atoms with van der Waals surface area (Å²) in [5.41, 5.74) is 0. The van der Waals surface area contributed by atoms with Gasteiger partial charge in [-0.3, -0.25) is 0 Å². The Bertz CT molecular complexity index is 155. The van der Waals surface area contributed by atoms with Crippen molar-refractivity contribution in [3.63, 3.8) is 0 Å². The molecular weight excluding hydrogens is 172 g/mol. The highest BCUT2D eigenvalue weighted by molar-refractivity contribution is 5.85. The molecule has 11 heavy (non-hydrogen) atoms. The van der Waals surface area contributed by atoms with Gasteiger partial charge in [0.1, 0.15) is 0 Å². The normalized spacial score (nSPS) is 29.6. The summed E-state index contributed by atoms with van der Waals surface area (Å²) < 4.78 is 24.1. The van der Waals surface area contributed by atoms with Gasteiger partial charge in [0.2, 0.25) is 6.43 Å². The van der Waals surface area contributed by atoms with E-state index < -0.39 is 12.3 Å². The minimum Gasteiger partial charge on any atom is -0.315 e. The Balaban J connectivity index is 0.000001000. The second-order valence-corrected chi connectivity index (χ2v) is 2.43. The molecule has 0 saturated carbocycles. The molecule has 0 aromatic heterocycles. The molecule has 2 atom stereocenters. The van der Waals surface area contributed by atoms with Crippen molar-refractivity contribution in [1.82, 2.24) is 5.32 Å². The molecule has 0 aromatic rings. The zero-order valence-electron chi connectivity index (χ0n) is 5.89. The number of hydrogen-bond donors (Lipinski definition) is 1. The van der Waals surface area contributed by atoms with Crippen molar-refractivity contribution in [3.8, 4) is 12.3 Å². The first kappa shape index (κ1) is 10.7. The molecule has 0 aromatic carbocycles. The minimum atomic E-state index is -2.28. The fourth-order valence-electron chi connectivity index (χ4n) is 1.15. The summed E-state index contributed by atoms with van der Waals surface area (Å²) >= 11 is 0. The molecule has 1 N–H and O–H groups in total. The Labute approximate surface area is 71.0 Å². The topological polar surface area (TPSA) is 12.0 Å². The molecule has 1 rings (SSSR count). The van der Waals surface area contributed by atoms with Crippen LogP contribution in [0.1, 0.15) is 0 Å². The predicted octanol–water partition coefficient (Wildman–Crippen LogP) is 1.14. The van der Waals surface area contributed by atoms with E-state index in [0.717, 1.165) is 0 Å². The third-order valence-electron chi connectivity index (χ3n) is 1.80. The highest BCUT2D eigenvalue weighted by Gasteiger charge is 2.32. The van der Waals surface area contributed by atoms with E-state index in [0.29, 0.717) is 13.1 Å². The van der Waals surface area contributed by atoms with Crippen molar-refractivity contribution in [2.24, 2.45) is 11.8 Å². The molecule has 0 amide bonds. The molecule has 1 aliphatic heterocycles. The maximum Gasteiger partial charge on any atom is 0.243 e. The highest BCUT2D eigenvalue weighted by Crippen LogP contribution is 2.22. The molecule has 1 aliphatic rings. The lowest BCUT2D eigenvalue weighted by Crippen LogP contribution is -2.19. The minimum absolute atomic E-state index is 0. The first-order chi connectivity index (χ1) is 4.75. The molecule has 64 valence electrons. The second kappa shape index (κ2) is 4.53. The van der Waals surface area contributed by atoms with Crippen LogP contribution in [0, 0.1) is 24.2 Å². The Morgan fingerprint density at radius 2 is 2.09 bits per heavy atom. The number of halogens is 3. The first-order valence-corrected chi connectivity index (χ1v) is 3.20. The van der Waals surface area contributed by atoms with Gasteiger partial charge >= 0.3 is 0 Å². The molecule has 1 saturated heterocycles. The van der Waals surface area contributed by atoms with Gasteiger partial charge in [0.15, 0.2) is 0 Å². The highest BCUT2D eigenvalue weighted by atomic mass is 35.5. The van der Waals surface area contributed by atoms with Crippen LogP contribution >= 0.6 is 12.4 Å². The number of terminal acetylenes is 1. The SMILES string of the molecule is C#C[C@@H]1CNC[C@@H]1C(F)F.Cl. The van der Waals surface area contributed by atoms with E-state index in [4.69, 9.17) is 6.42 Å². The van der Waals surface area contributed by atoms with Crippen LogP contribution in [-0.4, -0.2) is 19.5 Å². The smallest absolute Gasteiger partial charge is 0.243 e. The van der Waals surface area contributed by atoms with E-state index in [1.807, 2.05) is 0 Å². The quantitative estimate of drug-likeness (QED) is 0.599. The van der Waals surface area contributed by atoms with E-state index in [2.05, 4.69) is 11.2 Å². The number of rotatable bonds is 1. The van der Waals surface area contributed by atoms with Gasteiger partial charge in [-0.15, -0.1) is 24.8 Å². The summed E-state index contributed by atoms with van der Waals surface area (Å²) in [6.07, 6.45) is 2.76. The lowest BCUT2D eigenvalue weighted by molar-refractivity contribution is 0.0753. The molecule has 0 aliphatic carbocycles. The van der Waals surface area contributed by atoms with Crippen LogP contribution < -0.4 is 5.32 Å². The Kier molecular flexibility index (Phi) is 4.39. The van der Waals surface area contributed by atoms with Gasteiger partial charge < -0.3 is 5.32 Å². The number of hydrogen-bond acceptors (Lipinski definition) is 1. The Hall–Kier alpha value is -0.330. The molecule has 1 fully saturated rings. The third kappa shape index (κ3) is 2.32. The van der Waals surface area contributed by atoms with Crippen LogP contribution in [0.2, 0.25) is 0 Å². The fourth-order valence-corrected chi connectivity index (χ4v) is 1.15. The summed E-state index contributed by atoms with van der Waals surface area (Å²) in [5, 5.41) is 2.83. The van der Waals surface area contributed by atoms with E-state index in [1.165, 1.54) is 0 Å².